The highest BCUT2D eigenvalue weighted by atomic mass is 79.9. The first-order valence-electron chi connectivity index (χ1n) is 10.4. The lowest BCUT2D eigenvalue weighted by atomic mass is 10.1. The number of aromatic nitrogens is 1. The minimum Gasteiger partial charge on any atom is -0.321 e. The fraction of sp³-hybridized carbons (Fsp3) is 0.0800. The summed E-state index contributed by atoms with van der Waals surface area (Å²) in [6, 6.07) is 17.0. The monoisotopic (exact) mass is 572 g/mol. The molecule has 4 aromatic rings. The van der Waals surface area contributed by atoms with Crippen molar-refractivity contribution >= 4 is 79.1 Å². The van der Waals surface area contributed by atoms with Crippen LogP contribution in [0.1, 0.15) is 21.6 Å². The number of aryl methyl sites for hydroxylation is 1. The lowest BCUT2D eigenvalue weighted by Crippen LogP contribution is -2.36. The van der Waals surface area contributed by atoms with Gasteiger partial charge in [0.1, 0.15) is 5.69 Å². The van der Waals surface area contributed by atoms with Crippen molar-refractivity contribution in [3.8, 4) is 0 Å². The van der Waals surface area contributed by atoms with Crippen molar-refractivity contribution in [2.45, 2.75) is 13.8 Å². The van der Waals surface area contributed by atoms with Crippen LogP contribution in [0.25, 0.3) is 10.9 Å². The van der Waals surface area contributed by atoms with E-state index < -0.39 is 17.7 Å². The first-order chi connectivity index (χ1) is 16.6. The average molecular weight is 574 g/mol. The van der Waals surface area contributed by atoms with Crippen LogP contribution in [0.2, 0.25) is 10.0 Å². The molecule has 0 aliphatic carbocycles. The zero-order chi connectivity index (χ0) is 25.3. The largest absolute Gasteiger partial charge is 0.328 e. The minimum atomic E-state index is -0.935. The molecule has 4 rings (SSSR count). The number of carbonyl (C=O) groups excluding carboxylic acids is 3. The summed E-state index contributed by atoms with van der Waals surface area (Å²) in [4.78, 5) is 38.6. The Kier molecular flexibility index (Phi) is 7.16. The SMILES string of the molecule is Cc1cccc(NC(=O)C(=O)Nn2c(C(=O)Nc3ccc(Cl)c(Cl)c3)cc3cc(Br)ccc32)c1C. The van der Waals surface area contributed by atoms with Gasteiger partial charge >= 0.3 is 11.8 Å². The Morgan fingerprint density at radius 1 is 0.857 bits per heavy atom. The Labute approximate surface area is 219 Å². The molecule has 35 heavy (non-hydrogen) atoms. The van der Waals surface area contributed by atoms with E-state index in [1.54, 1.807) is 48.5 Å². The summed E-state index contributed by atoms with van der Waals surface area (Å²) in [6.45, 7) is 3.76. The summed E-state index contributed by atoms with van der Waals surface area (Å²) in [7, 11) is 0. The molecular formula is C25H19BrCl2N4O3. The van der Waals surface area contributed by atoms with Gasteiger partial charge in [-0.3, -0.25) is 19.8 Å². The minimum absolute atomic E-state index is 0.108. The van der Waals surface area contributed by atoms with Crippen molar-refractivity contribution in [3.63, 3.8) is 0 Å². The number of amides is 3. The molecule has 0 atom stereocenters. The zero-order valence-corrected chi connectivity index (χ0v) is 21.7. The standard InChI is InChI=1S/C25H19BrCl2N4O3/c1-13-4-3-5-20(14(13)2)30-24(34)25(35)31-32-21-9-6-16(26)10-15(21)11-22(32)23(33)29-17-7-8-18(27)19(28)12-17/h3-12H,1-2H3,(H,29,33)(H,30,34)(H,31,35). The molecule has 3 N–H and O–H groups in total. The molecule has 0 unspecified atom stereocenters. The second-order valence-electron chi connectivity index (χ2n) is 7.79. The van der Waals surface area contributed by atoms with Crippen molar-refractivity contribution in [2.75, 3.05) is 16.1 Å². The summed E-state index contributed by atoms with van der Waals surface area (Å²) in [6.07, 6.45) is 0. The molecule has 3 amide bonds. The summed E-state index contributed by atoms with van der Waals surface area (Å²) < 4.78 is 2.07. The zero-order valence-electron chi connectivity index (χ0n) is 18.6. The van der Waals surface area contributed by atoms with Crippen molar-refractivity contribution in [1.29, 1.82) is 0 Å². The second-order valence-corrected chi connectivity index (χ2v) is 9.52. The molecule has 1 heterocycles. The lowest BCUT2D eigenvalue weighted by Gasteiger charge is -2.14. The highest BCUT2D eigenvalue weighted by Crippen LogP contribution is 2.27. The summed E-state index contributed by atoms with van der Waals surface area (Å²) in [5.41, 5.74) is 5.95. The van der Waals surface area contributed by atoms with Gasteiger partial charge in [0, 0.05) is 21.2 Å². The van der Waals surface area contributed by atoms with E-state index in [4.69, 9.17) is 23.2 Å². The van der Waals surface area contributed by atoms with E-state index in [2.05, 4.69) is 32.0 Å². The molecule has 0 fully saturated rings. The van der Waals surface area contributed by atoms with Crippen molar-refractivity contribution < 1.29 is 14.4 Å². The van der Waals surface area contributed by atoms with E-state index in [9.17, 15) is 14.4 Å². The van der Waals surface area contributed by atoms with Gasteiger partial charge in [0.15, 0.2) is 0 Å². The number of carbonyl (C=O) groups is 3. The third-order valence-electron chi connectivity index (χ3n) is 5.45. The van der Waals surface area contributed by atoms with Crippen LogP contribution in [-0.2, 0) is 9.59 Å². The van der Waals surface area contributed by atoms with E-state index in [1.165, 1.54) is 10.7 Å². The Balaban J connectivity index is 1.64. The van der Waals surface area contributed by atoms with Crippen molar-refractivity contribution in [1.82, 2.24) is 4.68 Å². The highest BCUT2D eigenvalue weighted by Gasteiger charge is 2.22. The number of rotatable bonds is 4. The van der Waals surface area contributed by atoms with Crippen molar-refractivity contribution in [3.05, 3.63) is 92.0 Å². The molecule has 0 saturated heterocycles. The lowest BCUT2D eigenvalue weighted by molar-refractivity contribution is -0.133. The Morgan fingerprint density at radius 3 is 2.37 bits per heavy atom. The van der Waals surface area contributed by atoms with Gasteiger partial charge in [-0.25, -0.2) is 4.68 Å². The van der Waals surface area contributed by atoms with Gasteiger partial charge in [-0.15, -0.1) is 0 Å². The normalized spacial score (nSPS) is 10.8. The fourth-order valence-corrected chi connectivity index (χ4v) is 4.14. The van der Waals surface area contributed by atoms with E-state index in [-0.39, 0.29) is 10.7 Å². The molecule has 10 heteroatoms. The van der Waals surface area contributed by atoms with Crippen LogP contribution in [0.4, 0.5) is 11.4 Å². The average Bonchev–Trinajstić information content (AvgIpc) is 3.16. The van der Waals surface area contributed by atoms with Crippen LogP contribution in [0.3, 0.4) is 0 Å². The van der Waals surface area contributed by atoms with Gasteiger partial charge in [-0.2, -0.15) is 0 Å². The smallest absolute Gasteiger partial charge is 0.321 e. The molecule has 0 aliphatic rings. The summed E-state index contributed by atoms with van der Waals surface area (Å²) in [5, 5.41) is 6.66. The van der Waals surface area contributed by atoms with Gasteiger partial charge < -0.3 is 10.6 Å². The van der Waals surface area contributed by atoms with Crippen LogP contribution in [0.15, 0.2) is 65.1 Å². The molecule has 0 saturated carbocycles. The molecule has 1 aromatic heterocycles. The Morgan fingerprint density at radius 2 is 1.63 bits per heavy atom. The number of benzene rings is 3. The number of hydrogen-bond acceptors (Lipinski definition) is 3. The number of halogens is 3. The maximum Gasteiger partial charge on any atom is 0.328 e. The van der Waals surface area contributed by atoms with Crippen LogP contribution in [0, 0.1) is 13.8 Å². The van der Waals surface area contributed by atoms with E-state index in [0.29, 0.717) is 27.3 Å². The number of nitrogens with zero attached hydrogens (tertiary/aromatic N) is 1. The molecular weight excluding hydrogens is 555 g/mol. The van der Waals surface area contributed by atoms with Gasteiger partial charge in [0.2, 0.25) is 0 Å². The number of fused-ring (bicyclic) bond motifs is 1. The molecule has 0 spiro atoms. The molecule has 0 radical (unpaired) electrons. The fourth-order valence-electron chi connectivity index (χ4n) is 3.46. The van der Waals surface area contributed by atoms with Crippen LogP contribution in [-0.4, -0.2) is 22.4 Å². The van der Waals surface area contributed by atoms with Gasteiger partial charge in [-0.05, 0) is 73.5 Å². The molecule has 3 aromatic carbocycles. The van der Waals surface area contributed by atoms with Gasteiger partial charge in [-0.1, -0.05) is 51.3 Å². The molecule has 0 aliphatic heterocycles. The Hall–Kier alpha value is -3.33. The number of nitrogens with one attached hydrogen (secondary N) is 3. The van der Waals surface area contributed by atoms with Gasteiger partial charge in [0.25, 0.3) is 5.91 Å². The highest BCUT2D eigenvalue weighted by molar-refractivity contribution is 9.10. The molecule has 178 valence electrons. The first-order valence-corrected chi connectivity index (χ1v) is 11.9. The summed E-state index contributed by atoms with van der Waals surface area (Å²) >= 11 is 15.4. The predicted molar refractivity (Wildman–Crippen MR) is 143 cm³/mol. The Bertz CT molecular complexity index is 1500. The topological polar surface area (TPSA) is 92.2 Å². The maximum atomic E-state index is 13.1. The quantitative estimate of drug-likeness (QED) is 0.251. The number of hydrogen-bond donors (Lipinski definition) is 3. The van der Waals surface area contributed by atoms with E-state index in [0.717, 1.165) is 15.6 Å². The predicted octanol–water partition coefficient (Wildman–Crippen LogP) is 6.29. The number of anilines is 2. The third-order valence-corrected chi connectivity index (χ3v) is 6.68. The van der Waals surface area contributed by atoms with Crippen LogP contribution < -0.4 is 16.1 Å². The van der Waals surface area contributed by atoms with Crippen LogP contribution in [0.5, 0.6) is 0 Å². The van der Waals surface area contributed by atoms with E-state index >= 15 is 0 Å². The second kappa shape index (κ2) is 10.1. The van der Waals surface area contributed by atoms with E-state index in [1.807, 2.05) is 19.9 Å². The molecule has 0 bridgehead atoms. The summed E-state index contributed by atoms with van der Waals surface area (Å²) in [5.74, 6) is -2.32. The van der Waals surface area contributed by atoms with Gasteiger partial charge in [0.05, 0.1) is 15.6 Å². The van der Waals surface area contributed by atoms with Crippen molar-refractivity contribution in [2.24, 2.45) is 0 Å². The third kappa shape index (κ3) is 5.35. The van der Waals surface area contributed by atoms with Crippen LogP contribution >= 0.6 is 39.1 Å². The molecule has 7 nitrogen and oxygen atoms in total. The first kappa shape index (κ1) is 24.8. The maximum absolute atomic E-state index is 13.1.